The van der Waals surface area contributed by atoms with E-state index in [4.69, 9.17) is 10.5 Å². The van der Waals surface area contributed by atoms with E-state index in [9.17, 15) is 18.0 Å². The second-order valence-electron chi connectivity index (χ2n) is 4.28. The Hall–Kier alpha value is -2.04. The third kappa shape index (κ3) is 2.92. The van der Waals surface area contributed by atoms with E-state index < -0.39 is 46.1 Å². The average molecular weight is 438 g/mol. The minimum atomic E-state index is -1.30. The van der Waals surface area contributed by atoms with Crippen LogP contribution >= 0.6 is 22.6 Å². The molecule has 1 aromatic carbocycles. The maximum absolute atomic E-state index is 14.4. The summed E-state index contributed by atoms with van der Waals surface area (Å²) in [6.45, 7) is 0. The molecular weight excluding hydrogens is 428 g/mol. The Labute approximate surface area is 142 Å². The van der Waals surface area contributed by atoms with Gasteiger partial charge in [-0.05, 0) is 34.7 Å². The number of nitrogen functional groups attached to an aromatic ring is 1. The summed E-state index contributed by atoms with van der Waals surface area (Å²) in [5.41, 5.74) is 3.49. The summed E-state index contributed by atoms with van der Waals surface area (Å²) in [6, 6.07) is 2.38. The van der Waals surface area contributed by atoms with Crippen LogP contribution in [0.2, 0.25) is 0 Å². The fraction of sp³-hybridized carbons (Fsp3) is 0.143. The number of ether oxygens (including phenoxy) is 2. The van der Waals surface area contributed by atoms with Crippen molar-refractivity contribution >= 4 is 34.2 Å². The van der Waals surface area contributed by atoms with Crippen molar-refractivity contribution in [3.05, 3.63) is 38.8 Å². The molecule has 0 bridgehead atoms. The zero-order chi connectivity index (χ0) is 17.3. The lowest BCUT2D eigenvalue weighted by Gasteiger charge is -2.13. The Morgan fingerprint density at radius 3 is 2.39 bits per heavy atom. The van der Waals surface area contributed by atoms with Crippen LogP contribution in [0.1, 0.15) is 10.5 Å². The maximum Gasteiger partial charge on any atom is 0.360 e. The van der Waals surface area contributed by atoms with Crippen molar-refractivity contribution < 1.29 is 27.4 Å². The SMILES string of the molecule is COC(=O)c1nc(-c2ccc(I)c(F)c2F)c(F)c(N)c1OC. The number of nitrogens with two attached hydrogens (primary N) is 1. The van der Waals surface area contributed by atoms with Gasteiger partial charge in [0.15, 0.2) is 28.9 Å². The van der Waals surface area contributed by atoms with E-state index in [-0.39, 0.29) is 9.32 Å². The number of esters is 1. The highest BCUT2D eigenvalue weighted by molar-refractivity contribution is 14.1. The van der Waals surface area contributed by atoms with E-state index in [1.165, 1.54) is 6.07 Å². The van der Waals surface area contributed by atoms with Crippen LogP contribution in [0, 0.1) is 21.0 Å². The lowest BCUT2D eigenvalue weighted by Crippen LogP contribution is -2.12. The first-order valence-electron chi connectivity index (χ1n) is 6.08. The number of nitrogens with zero attached hydrogens (tertiary/aromatic N) is 1. The molecule has 2 rings (SSSR count). The smallest absolute Gasteiger partial charge is 0.360 e. The molecule has 0 fully saturated rings. The van der Waals surface area contributed by atoms with Crippen LogP contribution in [0.5, 0.6) is 5.75 Å². The van der Waals surface area contributed by atoms with E-state index in [1.807, 2.05) is 0 Å². The maximum atomic E-state index is 14.4. The number of halogens is 4. The molecule has 0 aliphatic carbocycles. The minimum absolute atomic E-state index is 0.0129. The number of benzene rings is 1. The summed E-state index contributed by atoms with van der Waals surface area (Å²) in [7, 11) is 2.23. The van der Waals surface area contributed by atoms with Crippen molar-refractivity contribution in [3.63, 3.8) is 0 Å². The van der Waals surface area contributed by atoms with Crippen molar-refractivity contribution in [2.24, 2.45) is 0 Å². The molecule has 0 spiro atoms. The zero-order valence-corrected chi connectivity index (χ0v) is 14.1. The van der Waals surface area contributed by atoms with Crippen LogP contribution in [0.3, 0.4) is 0 Å². The van der Waals surface area contributed by atoms with Crippen LogP contribution in [-0.4, -0.2) is 25.2 Å². The van der Waals surface area contributed by atoms with Crippen molar-refractivity contribution in [1.82, 2.24) is 4.98 Å². The molecule has 9 heteroatoms. The monoisotopic (exact) mass is 438 g/mol. The summed E-state index contributed by atoms with van der Waals surface area (Å²) in [5.74, 6) is -4.89. The third-order valence-corrected chi connectivity index (χ3v) is 3.83. The molecule has 0 amide bonds. The summed E-state index contributed by atoms with van der Waals surface area (Å²) in [5, 5.41) is 0. The Kier molecular flexibility index (Phi) is 4.97. The van der Waals surface area contributed by atoms with Gasteiger partial charge in [0.25, 0.3) is 0 Å². The molecule has 0 saturated heterocycles. The van der Waals surface area contributed by atoms with E-state index in [1.54, 1.807) is 22.6 Å². The van der Waals surface area contributed by atoms with E-state index in [0.29, 0.717) is 0 Å². The van der Waals surface area contributed by atoms with Crippen molar-refractivity contribution in [3.8, 4) is 17.0 Å². The Morgan fingerprint density at radius 1 is 1.17 bits per heavy atom. The Morgan fingerprint density at radius 2 is 1.83 bits per heavy atom. The number of anilines is 1. The number of methoxy groups -OCH3 is 2. The van der Waals surface area contributed by atoms with Crippen molar-refractivity contribution in [2.75, 3.05) is 20.0 Å². The van der Waals surface area contributed by atoms with Crippen LogP contribution < -0.4 is 10.5 Å². The number of carbonyl (C=O) groups excluding carboxylic acids is 1. The highest BCUT2D eigenvalue weighted by Gasteiger charge is 2.27. The van der Waals surface area contributed by atoms with Gasteiger partial charge in [0, 0.05) is 5.56 Å². The first kappa shape index (κ1) is 17.3. The molecule has 23 heavy (non-hydrogen) atoms. The van der Waals surface area contributed by atoms with E-state index in [0.717, 1.165) is 20.3 Å². The molecule has 0 radical (unpaired) electrons. The predicted octanol–water partition coefficient (Wildman–Crippen LogP) is 3.15. The fourth-order valence-electron chi connectivity index (χ4n) is 1.90. The quantitative estimate of drug-likeness (QED) is 0.453. The van der Waals surface area contributed by atoms with Gasteiger partial charge in [0.05, 0.1) is 17.8 Å². The largest absolute Gasteiger partial charge is 0.492 e. The standard InChI is InChI=1S/C14H10F3IN2O3/c1-22-13-10(19)9(17)11(20-12(13)14(21)23-2)5-3-4-6(18)8(16)7(5)15/h3-4H,1-2H3,(H2,19,20). The normalized spacial score (nSPS) is 10.5. The fourth-order valence-corrected chi connectivity index (χ4v) is 2.31. The lowest BCUT2D eigenvalue weighted by molar-refractivity contribution is 0.0590. The first-order chi connectivity index (χ1) is 10.8. The number of aromatic nitrogens is 1. The van der Waals surface area contributed by atoms with Crippen LogP contribution in [0.4, 0.5) is 18.9 Å². The predicted molar refractivity (Wildman–Crippen MR) is 84.6 cm³/mol. The molecule has 0 saturated carbocycles. The van der Waals surface area contributed by atoms with Crippen LogP contribution in [0.25, 0.3) is 11.3 Å². The van der Waals surface area contributed by atoms with Crippen molar-refractivity contribution in [1.29, 1.82) is 0 Å². The zero-order valence-electron chi connectivity index (χ0n) is 11.9. The van der Waals surface area contributed by atoms with E-state index in [2.05, 4.69) is 9.72 Å². The number of hydrogen-bond donors (Lipinski definition) is 1. The Balaban J connectivity index is 2.81. The van der Waals surface area contributed by atoms with Gasteiger partial charge in [-0.2, -0.15) is 0 Å². The van der Waals surface area contributed by atoms with Gasteiger partial charge in [-0.25, -0.2) is 22.9 Å². The molecule has 1 aromatic heterocycles. The van der Waals surface area contributed by atoms with Gasteiger partial charge in [0.1, 0.15) is 11.4 Å². The van der Waals surface area contributed by atoms with Crippen LogP contribution in [-0.2, 0) is 4.74 Å². The molecule has 5 nitrogen and oxygen atoms in total. The second-order valence-corrected chi connectivity index (χ2v) is 5.45. The third-order valence-electron chi connectivity index (χ3n) is 3.00. The molecule has 2 aromatic rings. The Bertz CT molecular complexity index is 800. The number of hydrogen-bond acceptors (Lipinski definition) is 5. The molecule has 122 valence electrons. The first-order valence-corrected chi connectivity index (χ1v) is 7.16. The summed E-state index contributed by atoms with van der Waals surface area (Å²) in [4.78, 5) is 15.4. The molecular formula is C14H10F3IN2O3. The molecule has 1 heterocycles. The lowest BCUT2D eigenvalue weighted by atomic mass is 10.1. The van der Waals surface area contributed by atoms with Gasteiger partial charge in [-0.3, -0.25) is 0 Å². The molecule has 0 aliphatic rings. The molecule has 2 N–H and O–H groups in total. The van der Waals surface area contributed by atoms with Crippen molar-refractivity contribution in [2.45, 2.75) is 0 Å². The number of carbonyl (C=O) groups is 1. The second kappa shape index (κ2) is 6.60. The molecule has 0 aliphatic heterocycles. The highest BCUT2D eigenvalue weighted by Crippen LogP contribution is 2.36. The molecule has 0 atom stereocenters. The summed E-state index contributed by atoms with van der Waals surface area (Å²) in [6.07, 6.45) is 0. The molecule has 0 unspecified atom stereocenters. The van der Waals surface area contributed by atoms with Gasteiger partial charge in [-0.15, -0.1) is 0 Å². The summed E-state index contributed by atoms with van der Waals surface area (Å²) >= 11 is 1.59. The van der Waals surface area contributed by atoms with Gasteiger partial charge >= 0.3 is 5.97 Å². The average Bonchev–Trinajstić information content (AvgIpc) is 2.55. The number of rotatable bonds is 3. The van der Waals surface area contributed by atoms with Gasteiger partial charge in [-0.1, -0.05) is 0 Å². The van der Waals surface area contributed by atoms with Gasteiger partial charge in [0.2, 0.25) is 0 Å². The van der Waals surface area contributed by atoms with Gasteiger partial charge < -0.3 is 15.2 Å². The van der Waals surface area contributed by atoms with Crippen LogP contribution in [0.15, 0.2) is 12.1 Å². The van der Waals surface area contributed by atoms with E-state index >= 15 is 0 Å². The topological polar surface area (TPSA) is 74.4 Å². The number of pyridine rings is 1. The highest BCUT2D eigenvalue weighted by atomic mass is 127. The minimum Gasteiger partial charge on any atom is -0.492 e. The summed E-state index contributed by atoms with van der Waals surface area (Å²) < 4.78 is 51.5.